The van der Waals surface area contributed by atoms with Crippen molar-refractivity contribution in [3.05, 3.63) is 9.47 Å². The van der Waals surface area contributed by atoms with Crippen molar-refractivity contribution < 1.29 is 4.79 Å². The number of likely N-dealkylation sites (tertiary alicyclic amines) is 1. The molecule has 1 aromatic heterocycles. The topological polar surface area (TPSA) is 58.1 Å². The Morgan fingerprint density at radius 1 is 1.41 bits per heavy atom. The summed E-state index contributed by atoms with van der Waals surface area (Å²) in [5.41, 5.74) is 0. The first-order valence-electron chi connectivity index (χ1n) is 5.76. The van der Waals surface area contributed by atoms with Crippen LogP contribution in [0.1, 0.15) is 29.1 Å². The molecule has 0 bridgehead atoms. The third-order valence-electron chi connectivity index (χ3n) is 3.21. The summed E-state index contributed by atoms with van der Waals surface area (Å²) >= 11 is 6.77. The van der Waals surface area contributed by atoms with Gasteiger partial charge in [0.1, 0.15) is 0 Å². The highest BCUT2D eigenvalue weighted by Gasteiger charge is 2.35. The molecule has 1 saturated carbocycles. The van der Waals surface area contributed by atoms with E-state index in [1.54, 1.807) is 0 Å². The maximum atomic E-state index is 11.8. The van der Waals surface area contributed by atoms with Gasteiger partial charge in [0.2, 0.25) is 9.47 Å². The van der Waals surface area contributed by atoms with E-state index in [0.717, 1.165) is 36.9 Å². The molecule has 1 aromatic rings. The Bertz CT molecular complexity index is 434. The zero-order valence-corrected chi connectivity index (χ0v) is 10.8. The highest BCUT2D eigenvalue weighted by Crippen LogP contribution is 2.29. The maximum absolute atomic E-state index is 11.8. The average molecular weight is 273 g/mol. The fourth-order valence-electron chi connectivity index (χ4n) is 2.22. The molecule has 1 aliphatic carbocycles. The van der Waals surface area contributed by atoms with Crippen LogP contribution in [0.5, 0.6) is 0 Å². The minimum Gasteiger partial charge on any atom is -0.346 e. The third-order valence-corrected chi connectivity index (χ3v) is 4.23. The highest BCUT2D eigenvalue weighted by atomic mass is 35.5. The van der Waals surface area contributed by atoms with Gasteiger partial charge in [-0.15, -0.1) is 10.2 Å². The van der Waals surface area contributed by atoms with E-state index >= 15 is 0 Å². The number of nitrogens with zero attached hydrogens (tertiary/aromatic N) is 3. The summed E-state index contributed by atoms with van der Waals surface area (Å²) in [5.74, 6) is -0.156. The molecule has 5 nitrogen and oxygen atoms in total. The largest absolute Gasteiger partial charge is 0.346 e. The number of nitrogens with one attached hydrogen (secondary N) is 1. The second-order valence-electron chi connectivity index (χ2n) is 4.55. The fraction of sp³-hybridized carbons (Fsp3) is 0.700. The molecule has 1 unspecified atom stereocenters. The third kappa shape index (κ3) is 2.59. The van der Waals surface area contributed by atoms with Crippen molar-refractivity contribution in [2.75, 3.05) is 13.1 Å². The SMILES string of the molecule is O=C(NC1CCN(C2CC2)C1)c1nnc(Cl)s1. The van der Waals surface area contributed by atoms with Crippen LogP contribution >= 0.6 is 22.9 Å². The number of halogens is 1. The lowest BCUT2D eigenvalue weighted by Gasteiger charge is -2.14. The molecule has 2 fully saturated rings. The molecule has 1 amide bonds. The Labute approximate surface area is 108 Å². The molecule has 2 aliphatic rings. The molecule has 7 heteroatoms. The van der Waals surface area contributed by atoms with E-state index in [-0.39, 0.29) is 11.9 Å². The van der Waals surface area contributed by atoms with Gasteiger partial charge in [-0.1, -0.05) is 11.3 Å². The molecule has 0 aromatic carbocycles. The van der Waals surface area contributed by atoms with Crippen LogP contribution in [0.15, 0.2) is 0 Å². The first-order chi connectivity index (χ1) is 8.22. The number of carbonyl (C=O) groups excluding carboxylic acids is 1. The van der Waals surface area contributed by atoms with Crippen molar-refractivity contribution in [2.45, 2.75) is 31.3 Å². The summed E-state index contributed by atoms with van der Waals surface area (Å²) in [6.45, 7) is 2.05. The van der Waals surface area contributed by atoms with Crippen molar-refractivity contribution in [3.63, 3.8) is 0 Å². The van der Waals surface area contributed by atoms with E-state index in [9.17, 15) is 4.79 Å². The van der Waals surface area contributed by atoms with Crippen molar-refractivity contribution >= 4 is 28.8 Å². The van der Waals surface area contributed by atoms with Crippen molar-refractivity contribution in [1.29, 1.82) is 0 Å². The smallest absolute Gasteiger partial charge is 0.282 e. The van der Waals surface area contributed by atoms with Gasteiger partial charge >= 0.3 is 0 Å². The minimum atomic E-state index is -0.156. The second-order valence-corrected chi connectivity index (χ2v) is 6.10. The molecule has 17 heavy (non-hydrogen) atoms. The van der Waals surface area contributed by atoms with E-state index < -0.39 is 0 Å². The van der Waals surface area contributed by atoms with Gasteiger partial charge in [0.25, 0.3) is 5.91 Å². The van der Waals surface area contributed by atoms with Gasteiger partial charge in [-0.05, 0) is 30.9 Å². The molecule has 3 rings (SSSR count). The van der Waals surface area contributed by atoms with Gasteiger partial charge < -0.3 is 5.32 Å². The van der Waals surface area contributed by atoms with Crippen LogP contribution in [-0.4, -0.2) is 46.2 Å². The quantitative estimate of drug-likeness (QED) is 0.897. The fourth-order valence-corrected chi connectivity index (χ4v) is 2.95. The minimum absolute atomic E-state index is 0.156. The number of hydrogen-bond donors (Lipinski definition) is 1. The lowest BCUT2D eigenvalue weighted by atomic mass is 10.2. The van der Waals surface area contributed by atoms with Gasteiger partial charge in [0.05, 0.1) is 0 Å². The van der Waals surface area contributed by atoms with E-state index in [1.165, 1.54) is 12.8 Å². The number of rotatable bonds is 3. The number of hydrogen-bond acceptors (Lipinski definition) is 5. The average Bonchev–Trinajstić information content (AvgIpc) is 2.90. The second kappa shape index (κ2) is 4.51. The molecular weight excluding hydrogens is 260 g/mol. The summed E-state index contributed by atoms with van der Waals surface area (Å²) < 4.78 is 0.307. The Morgan fingerprint density at radius 3 is 2.88 bits per heavy atom. The van der Waals surface area contributed by atoms with Gasteiger partial charge in [-0.2, -0.15) is 0 Å². The van der Waals surface area contributed by atoms with E-state index in [4.69, 9.17) is 11.6 Å². The lowest BCUT2D eigenvalue weighted by Crippen LogP contribution is -2.37. The molecule has 1 saturated heterocycles. The van der Waals surface area contributed by atoms with E-state index in [0.29, 0.717) is 9.47 Å². The molecular formula is C10H13ClN4OS. The van der Waals surface area contributed by atoms with Crippen LogP contribution in [0.25, 0.3) is 0 Å². The number of aromatic nitrogens is 2. The van der Waals surface area contributed by atoms with E-state index in [2.05, 4.69) is 20.4 Å². The van der Waals surface area contributed by atoms with Gasteiger partial charge in [0, 0.05) is 25.2 Å². The predicted molar refractivity (Wildman–Crippen MR) is 65.4 cm³/mol. The molecule has 0 spiro atoms. The molecule has 1 N–H and O–H groups in total. The first-order valence-corrected chi connectivity index (χ1v) is 6.96. The van der Waals surface area contributed by atoms with Crippen LogP contribution in [0, 0.1) is 0 Å². The molecule has 0 radical (unpaired) electrons. The zero-order chi connectivity index (χ0) is 11.8. The summed E-state index contributed by atoms with van der Waals surface area (Å²) in [5, 5.41) is 10.7. The van der Waals surface area contributed by atoms with Crippen LogP contribution < -0.4 is 5.32 Å². The van der Waals surface area contributed by atoms with Gasteiger partial charge in [-0.25, -0.2) is 0 Å². The summed E-state index contributed by atoms with van der Waals surface area (Å²) in [6, 6.07) is 1.01. The molecule has 2 heterocycles. The Morgan fingerprint density at radius 2 is 2.24 bits per heavy atom. The Hall–Kier alpha value is -0.720. The molecule has 1 aliphatic heterocycles. The normalized spacial score (nSPS) is 25.1. The van der Waals surface area contributed by atoms with Crippen molar-refractivity contribution in [2.24, 2.45) is 0 Å². The van der Waals surface area contributed by atoms with Gasteiger partial charge in [0.15, 0.2) is 0 Å². The number of amides is 1. The monoisotopic (exact) mass is 272 g/mol. The van der Waals surface area contributed by atoms with Crippen LogP contribution in [0.2, 0.25) is 4.47 Å². The Kier molecular flexibility index (Phi) is 3.02. The first kappa shape index (κ1) is 11.4. The van der Waals surface area contributed by atoms with Crippen LogP contribution in [0.4, 0.5) is 0 Å². The zero-order valence-electron chi connectivity index (χ0n) is 9.23. The summed E-state index contributed by atoms with van der Waals surface area (Å²) in [7, 11) is 0. The Balaban J connectivity index is 1.55. The van der Waals surface area contributed by atoms with Crippen molar-refractivity contribution in [1.82, 2.24) is 20.4 Å². The predicted octanol–water partition coefficient (Wildman–Crippen LogP) is 1.16. The standard InChI is InChI=1S/C10H13ClN4OS/c11-10-14-13-9(17-10)8(16)12-6-3-4-15(5-6)7-1-2-7/h6-7H,1-5H2,(H,12,16). The van der Waals surface area contributed by atoms with E-state index in [1.807, 2.05) is 0 Å². The van der Waals surface area contributed by atoms with Crippen LogP contribution in [-0.2, 0) is 0 Å². The van der Waals surface area contributed by atoms with Gasteiger partial charge in [-0.3, -0.25) is 9.69 Å². The maximum Gasteiger partial charge on any atom is 0.282 e. The van der Waals surface area contributed by atoms with Crippen LogP contribution in [0.3, 0.4) is 0 Å². The van der Waals surface area contributed by atoms with Crippen molar-refractivity contribution in [3.8, 4) is 0 Å². The molecule has 1 atom stereocenters. The number of carbonyl (C=O) groups is 1. The molecule has 92 valence electrons. The lowest BCUT2D eigenvalue weighted by molar-refractivity contribution is 0.0936. The summed E-state index contributed by atoms with van der Waals surface area (Å²) in [4.78, 5) is 14.3. The highest BCUT2D eigenvalue weighted by molar-refractivity contribution is 7.17. The summed E-state index contributed by atoms with van der Waals surface area (Å²) in [6.07, 6.45) is 3.65.